The number of nitrogens with one attached hydrogen (secondary N) is 1. The van der Waals surface area contributed by atoms with E-state index in [9.17, 15) is 9.90 Å². The Labute approximate surface area is 124 Å². The van der Waals surface area contributed by atoms with E-state index in [2.05, 4.69) is 5.32 Å². The molecule has 3 N–H and O–H groups in total. The van der Waals surface area contributed by atoms with E-state index in [-0.39, 0.29) is 12.5 Å². The van der Waals surface area contributed by atoms with Crippen LogP contribution in [0.3, 0.4) is 0 Å². The minimum absolute atomic E-state index is 0.0373. The van der Waals surface area contributed by atoms with Gasteiger partial charge in [0.1, 0.15) is 5.75 Å². The molecule has 2 unspecified atom stereocenters. The second-order valence-electron chi connectivity index (χ2n) is 5.67. The first-order chi connectivity index (χ1) is 10.0. The molecule has 1 aliphatic carbocycles. The minimum atomic E-state index is -0.846. The number of methoxy groups -OCH3 is 1. The minimum Gasteiger partial charge on any atom is -0.496 e. The zero-order chi connectivity index (χ0) is 15.4. The Balaban J connectivity index is 2.16. The van der Waals surface area contributed by atoms with Crippen molar-refractivity contribution in [3.05, 3.63) is 29.3 Å². The SMILES string of the molecule is COc1ccc(C)cc1C(O)C(CCC(=O)O)NC1CC1. The van der Waals surface area contributed by atoms with Gasteiger partial charge >= 0.3 is 5.97 Å². The first-order valence-electron chi connectivity index (χ1n) is 7.31. The van der Waals surface area contributed by atoms with E-state index in [1.807, 2.05) is 25.1 Å². The van der Waals surface area contributed by atoms with Crippen molar-refractivity contribution in [2.75, 3.05) is 7.11 Å². The van der Waals surface area contributed by atoms with Gasteiger partial charge in [0.05, 0.1) is 13.2 Å². The maximum atomic E-state index is 10.8. The Morgan fingerprint density at radius 1 is 1.48 bits per heavy atom. The molecular weight excluding hydrogens is 270 g/mol. The molecule has 1 aromatic rings. The van der Waals surface area contributed by atoms with E-state index < -0.39 is 12.1 Å². The van der Waals surface area contributed by atoms with Crippen molar-refractivity contribution in [2.24, 2.45) is 0 Å². The van der Waals surface area contributed by atoms with Crippen LogP contribution < -0.4 is 10.1 Å². The van der Waals surface area contributed by atoms with E-state index in [0.29, 0.717) is 23.8 Å². The van der Waals surface area contributed by atoms with E-state index in [0.717, 1.165) is 18.4 Å². The van der Waals surface area contributed by atoms with Crippen LogP contribution in [0, 0.1) is 6.92 Å². The van der Waals surface area contributed by atoms with Crippen molar-refractivity contribution in [1.29, 1.82) is 0 Å². The number of carboxylic acid groups (broad SMARTS) is 1. The Kier molecular flexibility index (Phi) is 5.20. The van der Waals surface area contributed by atoms with Crippen molar-refractivity contribution in [2.45, 2.75) is 50.8 Å². The number of rotatable bonds is 8. The molecule has 21 heavy (non-hydrogen) atoms. The van der Waals surface area contributed by atoms with Gasteiger partial charge in [-0.25, -0.2) is 0 Å². The summed E-state index contributed by atoms with van der Waals surface area (Å²) in [4.78, 5) is 10.8. The van der Waals surface area contributed by atoms with Crippen LogP contribution >= 0.6 is 0 Å². The molecule has 1 fully saturated rings. The van der Waals surface area contributed by atoms with E-state index in [4.69, 9.17) is 9.84 Å². The third-order valence-electron chi connectivity index (χ3n) is 3.78. The molecule has 2 atom stereocenters. The maximum Gasteiger partial charge on any atom is 0.303 e. The zero-order valence-electron chi connectivity index (χ0n) is 12.5. The van der Waals surface area contributed by atoms with Gasteiger partial charge in [-0.05, 0) is 38.3 Å². The Bertz CT molecular complexity index is 499. The molecule has 0 aromatic heterocycles. The van der Waals surface area contributed by atoms with Gasteiger partial charge in [0.15, 0.2) is 0 Å². The summed E-state index contributed by atoms with van der Waals surface area (Å²) in [6.45, 7) is 1.95. The molecule has 0 bridgehead atoms. The molecule has 0 aliphatic heterocycles. The molecule has 0 heterocycles. The second-order valence-corrected chi connectivity index (χ2v) is 5.67. The van der Waals surface area contributed by atoms with Crippen LogP contribution in [0.2, 0.25) is 0 Å². The van der Waals surface area contributed by atoms with Crippen LogP contribution in [0.15, 0.2) is 18.2 Å². The molecule has 5 nitrogen and oxygen atoms in total. The number of aryl methyl sites for hydroxylation is 1. The van der Waals surface area contributed by atoms with Crippen LogP contribution in [0.5, 0.6) is 5.75 Å². The number of hydrogen-bond donors (Lipinski definition) is 3. The first kappa shape index (κ1) is 15.8. The highest BCUT2D eigenvalue weighted by molar-refractivity contribution is 5.66. The third kappa shape index (κ3) is 4.44. The molecule has 1 saturated carbocycles. The average Bonchev–Trinajstić information content (AvgIpc) is 3.26. The monoisotopic (exact) mass is 293 g/mol. The van der Waals surface area contributed by atoms with Gasteiger partial charge in [-0.2, -0.15) is 0 Å². The van der Waals surface area contributed by atoms with Gasteiger partial charge in [0, 0.05) is 24.1 Å². The second kappa shape index (κ2) is 6.91. The topological polar surface area (TPSA) is 78.8 Å². The number of aliphatic hydroxyl groups is 1. The van der Waals surface area contributed by atoms with Crippen LogP contribution in [0.25, 0.3) is 0 Å². The number of ether oxygens (including phenoxy) is 1. The fourth-order valence-corrected chi connectivity index (χ4v) is 2.47. The normalized spacial score (nSPS) is 17.3. The maximum absolute atomic E-state index is 10.8. The van der Waals surface area contributed by atoms with Crippen molar-refractivity contribution >= 4 is 5.97 Å². The number of carbonyl (C=O) groups is 1. The number of hydrogen-bond acceptors (Lipinski definition) is 4. The summed E-state index contributed by atoms with van der Waals surface area (Å²) in [5.41, 5.74) is 1.74. The fourth-order valence-electron chi connectivity index (χ4n) is 2.47. The summed E-state index contributed by atoms with van der Waals surface area (Å²) in [6, 6.07) is 5.78. The molecule has 0 amide bonds. The summed E-state index contributed by atoms with van der Waals surface area (Å²) in [7, 11) is 1.57. The van der Waals surface area contributed by atoms with Gasteiger partial charge < -0.3 is 20.3 Å². The molecule has 116 valence electrons. The Hall–Kier alpha value is -1.59. The molecule has 5 heteroatoms. The van der Waals surface area contributed by atoms with E-state index >= 15 is 0 Å². The molecule has 0 spiro atoms. The molecule has 0 saturated heterocycles. The number of benzene rings is 1. The van der Waals surface area contributed by atoms with Gasteiger partial charge in [-0.15, -0.1) is 0 Å². The van der Waals surface area contributed by atoms with Gasteiger partial charge in [-0.1, -0.05) is 11.6 Å². The van der Waals surface area contributed by atoms with Gasteiger partial charge in [-0.3, -0.25) is 4.79 Å². The Morgan fingerprint density at radius 2 is 2.19 bits per heavy atom. The summed E-state index contributed by atoms with van der Waals surface area (Å²) in [5.74, 6) is -0.216. The lowest BCUT2D eigenvalue weighted by atomic mass is 9.96. The number of aliphatic hydroxyl groups excluding tert-OH is 1. The molecular formula is C16H23NO4. The van der Waals surface area contributed by atoms with Gasteiger partial charge in [0.2, 0.25) is 0 Å². The van der Waals surface area contributed by atoms with Crippen molar-refractivity contribution in [1.82, 2.24) is 5.32 Å². The van der Waals surface area contributed by atoms with Crippen LogP contribution in [-0.2, 0) is 4.79 Å². The molecule has 1 aromatic carbocycles. The van der Waals surface area contributed by atoms with Crippen molar-refractivity contribution in [3.63, 3.8) is 0 Å². The Morgan fingerprint density at radius 3 is 2.76 bits per heavy atom. The molecule has 1 aliphatic rings. The van der Waals surface area contributed by atoms with Crippen LogP contribution in [0.1, 0.15) is 42.9 Å². The van der Waals surface area contributed by atoms with Crippen LogP contribution in [-0.4, -0.2) is 35.4 Å². The standard InChI is InChI=1S/C16H23NO4/c1-10-3-7-14(21-2)12(9-10)16(20)13(6-8-15(18)19)17-11-4-5-11/h3,7,9,11,13,16-17,20H,4-6,8H2,1-2H3,(H,18,19). The summed E-state index contributed by atoms with van der Waals surface area (Å²) in [5, 5.41) is 22.9. The van der Waals surface area contributed by atoms with E-state index in [1.54, 1.807) is 7.11 Å². The fraction of sp³-hybridized carbons (Fsp3) is 0.562. The highest BCUT2D eigenvalue weighted by atomic mass is 16.5. The number of aliphatic carboxylic acids is 1. The molecule has 2 rings (SSSR count). The average molecular weight is 293 g/mol. The predicted molar refractivity (Wildman–Crippen MR) is 79.5 cm³/mol. The van der Waals surface area contributed by atoms with Crippen molar-refractivity contribution in [3.8, 4) is 5.75 Å². The quantitative estimate of drug-likeness (QED) is 0.683. The summed E-state index contributed by atoms with van der Waals surface area (Å²) >= 11 is 0. The summed E-state index contributed by atoms with van der Waals surface area (Å²) < 4.78 is 5.31. The lowest BCUT2D eigenvalue weighted by molar-refractivity contribution is -0.137. The zero-order valence-corrected chi connectivity index (χ0v) is 12.5. The highest BCUT2D eigenvalue weighted by Gasteiger charge is 2.30. The lowest BCUT2D eigenvalue weighted by Crippen LogP contribution is -2.37. The third-order valence-corrected chi connectivity index (χ3v) is 3.78. The lowest BCUT2D eigenvalue weighted by Gasteiger charge is -2.25. The van der Waals surface area contributed by atoms with Crippen molar-refractivity contribution < 1.29 is 19.7 Å². The number of carboxylic acids is 1. The summed E-state index contributed by atoms with van der Waals surface area (Å²) in [6.07, 6.45) is 1.82. The molecule has 0 radical (unpaired) electrons. The van der Waals surface area contributed by atoms with Gasteiger partial charge in [0.25, 0.3) is 0 Å². The highest BCUT2D eigenvalue weighted by Crippen LogP contribution is 2.31. The first-order valence-corrected chi connectivity index (χ1v) is 7.31. The predicted octanol–water partition coefficient (Wildman–Crippen LogP) is 2.02. The smallest absolute Gasteiger partial charge is 0.303 e. The van der Waals surface area contributed by atoms with Crippen LogP contribution in [0.4, 0.5) is 0 Å². The largest absolute Gasteiger partial charge is 0.496 e. The van der Waals surface area contributed by atoms with E-state index in [1.165, 1.54) is 0 Å².